The van der Waals surface area contributed by atoms with Crippen LogP contribution < -0.4 is 5.73 Å². The number of aryl methyl sites for hydroxylation is 1. The first kappa shape index (κ1) is 13.4. The third-order valence-corrected chi connectivity index (χ3v) is 5.79. The molecular weight excluding hydrogens is 252 g/mol. The number of anilines is 1. The van der Waals surface area contributed by atoms with Crippen molar-refractivity contribution in [3.05, 3.63) is 6.33 Å². The lowest BCUT2D eigenvalue weighted by Gasteiger charge is -2.34. The van der Waals surface area contributed by atoms with Gasteiger partial charge in [0.05, 0.1) is 6.33 Å². The largest absolute Gasteiger partial charge is 0.381 e. The van der Waals surface area contributed by atoms with Gasteiger partial charge < -0.3 is 10.3 Å². The number of imidazole rings is 1. The molecule has 2 heterocycles. The predicted molar refractivity (Wildman–Crippen MR) is 69.3 cm³/mol. The van der Waals surface area contributed by atoms with Crippen LogP contribution in [0.1, 0.15) is 20.3 Å². The van der Waals surface area contributed by atoms with Crippen molar-refractivity contribution in [3.63, 3.8) is 0 Å². The summed E-state index contributed by atoms with van der Waals surface area (Å²) in [7, 11) is -1.88. The van der Waals surface area contributed by atoms with E-state index in [1.807, 2.05) is 0 Å². The van der Waals surface area contributed by atoms with Crippen LogP contribution in [-0.2, 0) is 17.1 Å². The normalized spacial score (nSPS) is 26.4. The smallest absolute Gasteiger partial charge is 0.262 e. The second kappa shape index (κ2) is 4.55. The number of aromatic nitrogens is 2. The van der Waals surface area contributed by atoms with Gasteiger partial charge in [-0.2, -0.15) is 4.31 Å². The zero-order chi connectivity index (χ0) is 13.5. The molecule has 2 unspecified atom stereocenters. The summed E-state index contributed by atoms with van der Waals surface area (Å²) in [6, 6.07) is 0. The van der Waals surface area contributed by atoms with Crippen molar-refractivity contribution < 1.29 is 8.42 Å². The van der Waals surface area contributed by atoms with Crippen LogP contribution in [0.5, 0.6) is 0 Å². The van der Waals surface area contributed by atoms with Gasteiger partial charge in [0.2, 0.25) is 0 Å². The molecule has 1 aliphatic heterocycles. The zero-order valence-electron chi connectivity index (χ0n) is 11.0. The van der Waals surface area contributed by atoms with E-state index in [0.29, 0.717) is 24.9 Å². The number of nitrogens with zero attached hydrogens (tertiary/aromatic N) is 3. The number of nitrogens with two attached hydrogens (primary N) is 1. The second-order valence-corrected chi connectivity index (χ2v) is 7.01. The molecule has 7 heteroatoms. The molecular formula is C11H20N4O2S. The lowest BCUT2D eigenvalue weighted by Crippen LogP contribution is -2.42. The minimum atomic E-state index is -3.53. The molecule has 0 bridgehead atoms. The average Bonchev–Trinajstić information content (AvgIpc) is 2.62. The van der Waals surface area contributed by atoms with Crippen LogP contribution in [0.25, 0.3) is 0 Å². The van der Waals surface area contributed by atoms with Gasteiger partial charge in [0.15, 0.2) is 10.8 Å². The van der Waals surface area contributed by atoms with Crippen molar-refractivity contribution >= 4 is 15.8 Å². The molecule has 0 amide bonds. The van der Waals surface area contributed by atoms with Crippen LogP contribution in [0.3, 0.4) is 0 Å². The van der Waals surface area contributed by atoms with Gasteiger partial charge in [0, 0.05) is 20.1 Å². The average molecular weight is 272 g/mol. The summed E-state index contributed by atoms with van der Waals surface area (Å²) in [5, 5.41) is 0.101. The Bertz CT molecular complexity index is 518. The first-order valence-electron chi connectivity index (χ1n) is 6.11. The van der Waals surface area contributed by atoms with Crippen LogP contribution in [0, 0.1) is 11.8 Å². The number of hydrogen-bond acceptors (Lipinski definition) is 4. The maximum absolute atomic E-state index is 12.5. The molecule has 0 aromatic carbocycles. The Labute approximate surface area is 108 Å². The summed E-state index contributed by atoms with van der Waals surface area (Å²) in [6.07, 6.45) is 2.32. The van der Waals surface area contributed by atoms with Crippen LogP contribution in [0.4, 0.5) is 5.82 Å². The summed E-state index contributed by atoms with van der Waals surface area (Å²) in [5.74, 6) is 0.993. The van der Waals surface area contributed by atoms with Gasteiger partial charge in [-0.3, -0.25) is 0 Å². The lowest BCUT2D eigenvalue weighted by atomic mass is 9.90. The molecule has 0 radical (unpaired) electrons. The molecule has 0 spiro atoms. The molecule has 2 rings (SSSR count). The number of hydrogen-bond donors (Lipinski definition) is 1. The Morgan fingerprint density at radius 3 is 2.56 bits per heavy atom. The first-order chi connectivity index (χ1) is 8.34. The Morgan fingerprint density at radius 2 is 2.06 bits per heavy atom. The van der Waals surface area contributed by atoms with E-state index in [4.69, 9.17) is 5.73 Å². The molecule has 102 valence electrons. The van der Waals surface area contributed by atoms with E-state index >= 15 is 0 Å². The summed E-state index contributed by atoms with van der Waals surface area (Å²) < 4.78 is 28.0. The molecule has 1 fully saturated rings. The molecule has 2 atom stereocenters. The van der Waals surface area contributed by atoms with Gasteiger partial charge in [-0.1, -0.05) is 13.8 Å². The maximum Gasteiger partial charge on any atom is 0.262 e. The fourth-order valence-corrected chi connectivity index (χ4v) is 4.07. The van der Waals surface area contributed by atoms with E-state index in [2.05, 4.69) is 18.8 Å². The molecule has 1 aromatic rings. The summed E-state index contributed by atoms with van der Waals surface area (Å²) in [4.78, 5) is 3.85. The molecule has 0 saturated carbocycles. The van der Waals surface area contributed by atoms with Crippen molar-refractivity contribution in [2.75, 3.05) is 18.8 Å². The van der Waals surface area contributed by atoms with Crippen LogP contribution in [-0.4, -0.2) is 35.4 Å². The van der Waals surface area contributed by atoms with E-state index in [9.17, 15) is 8.42 Å². The van der Waals surface area contributed by atoms with Gasteiger partial charge in [-0.25, -0.2) is 13.4 Å². The first-order valence-corrected chi connectivity index (χ1v) is 7.55. The Morgan fingerprint density at radius 1 is 1.39 bits per heavy atom. The highest BCUT2D eigenvalue weighted by molar-refractivity contribution is 7.89. The van der Waals surface area contributed by atoms with E-state index < -0.39 is 10.0 Å². The number of sulfonamides is 1. The highest BCUT2D eigenvalue weighted by Gasteiger charge is 2.34. The monoisotopic (exact) mass is 272 g/mol. The standard InChI is InChI=1S/C11H20N4O2S/c1-8-4-5-15(6-9(8)2)18(16,17)11-10(12)13-7-14(11)3/h7-9H,4-6,12H2,1-3H3. The van der Waals surface area contributed by atoms with Crippen LogP contribution in [0.15, 0.2) is 11.4 Å². The predicted octanol–water partition coefficient (Wildman–Crippen LogP) is 0.669. The number of rotatable bonds is 2. The van der Waals surface area contributed by atoms with Crippen molar-refractivity contribution in [2.24, 2.45) is 18.9 Å². The van der Waals surface area contributed by atoms with E-state index in [1.54, 1.807) is 7.05 Å². The minimum absolute atomic E-state index is 0.0729. The highest BCUT2D eigenvalue weighted by atomic mass is 32.2. The molecule has 6 nitrogen and oxygen atoms in total. The summed E-state index contributed by atoms with van der Waals surface area (Å²) >= 11 is 0. The van der Waals surface area contributed by atoms with E-state index in [1.165, 1.54) is 15.2 Å². The zero-order valence-corrected chi connectivity index (χ0v) is 11.8. The molecule has 1 aliphatic rings. The Balaban J connectivity index is 2.33. The molecule has 1 aromatic heterocycles. The topological polar surface area (TPSA) is 81.2 Å². The second-order valence-electron chi connectivity index (χ2n) is 5.15. The summed E-state index contributed by atoms with van der Waals surface area (Å²) in [5.41, 5.74) is 5.66. The third-order valence-electron chi connectivity index (χ3n) is 3.79. The van der Waals surface area contributed by atoms with E-state index in [0.717, 1.165) is 6.42 Å². The van der Waals surface area contributed by atoms with Crippen molar-refractivity contribution in [2.45, 2.75) is 25.3 Å². The van der Waals surface area contributed by atoms with Gasteiger partial charge >= 0.3 is 0 Å². The molecule has 2 N–H and O–H groups in total. The van der Waals surface area contributed by atoms with Crippen molar-refractivity contribution in [1.29, 1.82) is 0 Å². The minimum Gasteiger partial charge on any atom is -0.381 e. The highest BCUT2D eigenvalue weighted by Crippen LogP contribution is 2.28. The quantitative estimate of drug-likeness (QED) is 0.858. The third kappa shape index (κ3) is 2.12. The number of piperidine rings is 1. The van der Waals surface area contributed by atoms with Crippen molar-refractivity contribution in [3.8, 4) is 0 Å². The SMILES string of the molecule is CC1CCN(S(=O)(=O)c2c(N)ncn2C)CC1C. The number of nitrogen functional groups attached to an aromatic ring is 1. The van der Waals surface area contributed by atoms with Crippen LogP contribution in [0.2, 0.25) is 0 Å². The molecule has 0 aliphatic carbocycles. The lowest BCUT2D eigenvalue weighted by molar-refractivity contribution is 0.212. The molecule has 18 heavy (non-hydrogen) atoms. The Kier molecular flexibility index (Phi) is 3.37. The van der Waals surface area contributed by atoms with E-state index in [-0.39, 0.29) is 10.8 Å². The van der Waals surface area contributed by atoms with Gasteiger partial charge in [0.25, 0.3) is 10.0 Å². The molecule has 1 saturated heterocycles. The van der Waals surface area contributed by atoms with Gasteiger partial charge in [0.1, 0.15) is 0 Å². The van der Waals surface area contributed by atoms with Crippen molar-refractivity contribution in [1.82, 2.24) is 13.9 Å². The fourth-order valence-electron chi connectivity index (χ4n) is 2.32. The van der Waals surface area contributed by atoms with Crippen LogP contribution >= 0.6 is 0 Å². The maximum atomic E-state index is 12.5. The Hall–Kier alpha value is -1.08. The summed E-state index contributed by atoms with van der Waals surface area (Å²) in [6.45, 7) is 5.35. The fraction of sp³-hybridized carbons (Fsp3) is 0.727. The van der Waals surface area contributed by atoms with Gasteiger partial charge in [-0.15, -0.1) is 0 Å². The van der Waals surface area contributed by atoms with Gasteiger partial charge in [-0.05, 0) is 18.3 Å².